The number of hydrogen-bond donors (Lipinski definition) is 4. The zero-order chi connectivity index (χ0) is 56.2. The summed E-state index contributed by atoms with van der Waals surface area (Å²) in [4.78, 5) is 24.5. The highest BCUT2D eigenvalue weighted by Gasteiger charge is 2.39. The van der Waals surface area contributed by atoms with E-state index in [1.54, 1.807) is 35.4 Å². The summed E-state index contributed by atoms with van der Waals surface area (Å²) in [6.07, 6.45) is 9.05. The van der Waals surface area contributed by atoms with Crippen molar-refractivity contribution in [1.29, 1.82) is 0 Å². The summed E-state index contributed by atoms with van der Waals surface area (Å²) >= 11 is 1.88. The van der Waals surface area contributed by atoms with E-state index in [1.165, 1.54) is 0 Å². The molecule has 2 amide bonds. The number of methoxy groups -OCH3 is 4. The first-order valence-corrected chi connectivity index (χ1v) is 28.8. The van der Waals surface area contributed by atoms with Crippen LogP contribution in [0.1, 0.15) is 136 Å². The minimum absolute atomic E-state index is 0.0785. The Bertz CT molecular complexity index is 2530. The van der Waals surface area contributed by atoms with Crippen LogP contribution in [0, 0.1) is 0 Å². The van der Waals surface area contributed by atoms with E-state index in [-0.39, 0.29) is 17.9 Å². The highest BCUT2D eigenvalue weighted by atomic mass is 32.2. The molecule has 0 spiro atoms. The fourth-order valence-electron chi connectivity index (χ4n) is 9.30. The molecule has 0 aliphatic heterocycles. The number of aliphatic hydroxyl groups is 2. The minimum atomic E-state index is -0.927. The van der Waals surface area contributed by atoms with Crippen LogP contribution in [-0.4, -0.2) is 88.1 Å². The molecular formula is C66H86N2O9S. The minimum Gasteiger partial charge on any atom is -0.497 e. The molecule has 6 rings (SSSR count). The Balaban J connectivity index is 0.000000288. The smallest absolute Gasteiger partial charge is 0.220 e. The third-order valence-electron chi connectivity index (χ3n) is 13.9. The van der Waals surface area contributed by atoms with Crippen molar-refractivity contribution in [3.8, 4) is 23.0 Å². The van der Waals surface area contributed by atoms with Crippen LogP contribution in [-0.2, 0) is 37.5 Å². The second-order valence-electron chi connectivity index (χ2n) is 19.8. The Morgan fingerprint density at radius 3 is 1.18 bits per heavy atom. The van der Waals surface area contributed by atoms with Gasteiger partial charge in [0, 0.05) is 25.9 Å². The van der Waals surface area contributed by atoms with Gasteiger partial charge in [0.2, 0.25) is 11.8 Å². The van der Waals surface area contributed by atoms with Gasteiger partial charge >= 0.3 is 0 Å². The highest BCUT2D eigenvalue weighted by molar-refractivity contribution is 8.00. The average molecular weight is 1080 g/mol. The van der Waals surface area contributed by atoms with Gasteiger partial charge in [0.25, 0.3) is 0 Å². The van der Waals surface area contributed by atoms with Crippen LogP contribution < -0.4 is 29.6 Å². The molecule has 0 radical (unpaired) electrons. The van der Waals surface area contributed by atoms with E-state index in [2.05, 4.69) is 97.3 Å². The first-order valence-electron chi connectivity index (χ1n) is 27.8. The maximum Gasteiger partial charge on any atom is 0.220 e. The molecule has 2 atom stereocenters. The molecule has 0 aliphatic carbocycles. The van der Waals surface area contributed by atoms with E-state index in [0.717, 1.165) is 131 Å². The zero-order valence-electron chi connectivity index (χ0n) is 47.5. The predicted molar refractivity (Wildman–Crippen MR) is 317 cm³/mol. The Morgan fingerprint density at radius 1 is 0.474 bits per heavy atom. The number of carbonyl (C=O) groups is 2. The molecule has 0 aromatic heterocycles. The second kappa shape index (κ2) is 33.2. The first-order chi connectivity index (χ1) is 37.8. The third kappa shape index (κ3) is 18.4. The lowest BCUT2D eigenvalue weighted by molar-refractivity contribution is -0.121. The van der Waals surface area contributed by atoms with Gasteiger partial charge in [-0.15, -0.1) is 11.8 Å². The maximum atomic E-state index is 12.3. The number of aryl methyl sites for hydroxylation is 2. The van der Waals surface area contributed by atoms with Crippen molar-refractivity contribution in [2.24, 2.45) is 0 Å². The van der Waals surface area contributed by atoms with E-state index in [9.17, 15) is 19.8 Å². The lowest BCUT2D eigenvalue weighted by atomic mass is 9.79. The monoisotopic (exact) mass is 1080 g/mol. The van der Waals surface area contributed by atoms with Crippen molar-refractivity contribution in [1.82, 2.24) is 10.6 Å². The standard InChI is InChI=1S/C34H45NO4S.C32H41NO5/c1-5-6-7-24-35-33(37)23-12-27-10-13-28(14-11-27)34(40-25-8-9-26(2)36,29-15-19-31(38-3)20-16-29)30-17-21-32(39-4)22-18-30;1-5-6-22-33-31(35)20-9-25-7-10-26(11-8-25)32(38-23-21-24(2)34,27-12-16-29(36-3)17-13-27)28-14-18-30(37-4)19-15-28/h10-11,13-22,26,36H,5-9,12,23-25H2,1-4H3,(H,35,37);7-8,10-19,24,34H,5-6,9,20-23H2,1-4H3,(H,33,35). The maximum absolute atomic E-state index is 12.3. The Labute approximate surface area is 469 Å². The van der Waals surface area contributed by atoms with Crippen molar-refractivity contribution in [3.05, 3.63) is 190 Å². The van der Waals surface area contributed by atoms with Crippen molar-refractivity contribution >= 4 is 23.6 Å². The van der Waals surface area contributed by atoms with Crippen molar-refractivity contribution < 1.29 is 43.5 Å². The number of aliphatic hydroxyl groups excluding tert-OH is 2. The van der Waals surface area contributed by atoms with E-state index < -0.39 is 16.5 Å². The summed E-state index contributed by atoms with van der Waals surface area (Å²) in [6, 6.07) is 49.3. The SMILES string of the molecule is CCCCCNC(=O)CCc1ccc(C(SCCCC(C)O)(c2ccc(OC)cc2)c2ccc(OC)cc2)cc1.CCCCNC(=O)CCc1ccc(C(OCCC(C)O)(c2ccc(OC)cc2)c2ccc(OC)cc2)cc1. The molecule has 0 saturated carbocycles. The summed E-state index contributed by atoms with van der Waals surface area (Å²) in [6.45, 7) is 9.72. The number of amides is 2. The molecule has 0 fully saturated rings. The Morgan fingerprint density at radius 2 is 0.821 bits per heavy atom. The topological polar surface area (TPSA) is 145 Å². The molecule has 0 aliphatic rings. The summed E-state index contributed by atoms with van der Waals surface area (Å²) in [7, 11) is 6.66. The van der Waals surface area contributed by atoms with Gasteiger partial charge < -0.3 is 44.5 Å². The van der Waals surface area contributed by atoms with Crippen molar-refractivity contribution in [2.45, 2.75) is 127 Å². The van der Waals surface area contributed by atoms with Crippen LogP contribution in [0.3, 0.4) is 0 Å². The quantitative estimate of drug-likeness (QED) is 0.0238. The fraction of sp³-hybridized carbons (Fsp3) is 0.424. The summed E-state index contributed by atoms with van der Waals surface area (Å²) in [5.74, 6) is 4.21. The molecule has 0 saturated heterocycles. The molecule has 11 nitrogen and oxygen atoms in total. The van der Waals surface area contributed by atoms with Gasteiger partial charge in [-0.3, -0.25) is 9.59 Å². The number of ether oxygens (including phenoxy) is 5. The predicted octanol–water partition coefficient (Wildman–Crippen LogP) is 12.8. The molecule has 4 N–H and O–H groups in total. The number of unbranched alkanes of at least 4 members (excludes halogenated alkanes) is 3. The van der Waals surface area contributed by atoms with Crippen molar-refractivity contribution in [3.63, 3.8) is 0 Å². The first kappa shape index (κ1) is 62.5. The molecule has 78 heavy (non-hydrogen) atoms. The number of hydrogen-bond acceptors (Lipinski definition) is 10. The van der Waals surface area contributed by atoms with Gasteiger partial charge in [-0.1, -0.05) is 130 Å². The fourth-order valence-corrected chi connectivity index (χ4v) is 10.8. The van der Waals surface area contributed by atoms with E-state index in [0.29, 0.717) is 38.7 Å². The van der Waals surface area contributed by atoms with E-state index >= 15 is 0 Å². The average Bonchev–Trinajstić information content (AvgIpc) is 3.54. The largest absolute Gasteiger partial charge is 0.497 e. The summed E-state index contributed by atoms with van der Waals surface area (Å²) < 4.78 is 28.0. The van der Waals surface area contributed by atoms with Gasteiger partial charge in [0.15, 0.2) is 0 Å². The third-order valence-corrected chi connectivity index (χ3v) is 15.5. The van der Waals surface area contributed by atoms with Gasteiger partial charge in [0.1, 0.15) is 28.6 Å². The summed E-state index contributed by atoms with van der Waals surface area (Å²) in [5.41, 5.74) is 7.61. The van der Waals surface area contributed by atoms with E-state index in [4.69, 9.17) is 23.7 Å². The highest BCUT2D eigenvalue weighted by Crippen LogP contribution is 2.50. The van der Waals surface area contributed by atoms with Crippen molar-refractivity contribution in [2.75, 3.05) is 53.9 Å². The molecule has 2 unspecified atom stereocenters. The van der Waals surface area contributed by atoms with Crippen LogP contribution >= 0.6 is 11.8 Å². The molecule has 0 heterocycles. The van der Waals surface area contributed by atoms with Gasteiger partial charge in [0.05, 0.1) is 52.0 Å². The lowest BCUT2D eigenvalue weighted by Gasteiger charge is -2.36. The molecule has 420 valence electrons. The van der Waals surface area contributed by atoms with Crippen LogP contribution in [0.5, 0.6) is 23.0 Å². The second-order valence-corrected chi connectivity index (χ2v) is 21.1. The van der Waals surface area contributed by atoms with Crippen LogP contribution in [0.25, 0.3) is 0 Å². The van der Waals surface area contributed by atoms with Gasteiger partial charge in [-0.2, -0.15) is 0 Å². The summed E-state index contributed by atoms with van der Waals surface area (Å²) in [5, 5.41) is 25.9. The number of thioether (sulfide) groups is 1. The van der Waals surface area contributed by atoms with Gasteiger partial charge in [-0.05, 0) is 158 Å². The van der Waals surface area contributed by atoms with Crippen LogP contribution in [0.2, 0.25) is 0 Å². The Kier molecular flexibility index (Phi) is 26.6. The molecule has 0 bridgehead atoms. The molecule has 6 aromatic carbocycles. The normalized spacial score (nSPS) is 12.1. The molecule has 12 heteroatoms. The molecule has 6 aromatic rings. The van der Waals surface area contributed by atoms with Crippen LogP contribution in [0.15, 0.2) is 146 Å². The molecular weight excluding hydrogens is 997 g/mol. The Hall–Kier alpha value is -6.31. The van der Waals surface area contributed by atoms with Crippen LogP contribution in [0.4, 0.5) is 0 Å². The number of carbonyl (C=O) groups excluding carboxylic acids is 2. The van der Waals surface area contributed by atoms with Gasteiger partial charge in [-0.25, -0.2) is 0 Å². The number of nitrogens with one attached hydrogen (secondary N) is 2. The van der Waals surface area contributed by atoms with E-state index in [1.807, 2.05) is 91.5 Å². The lowest BCUT2D eigenvalue weighted by Crippen LogP contribution is -2.34. The number of rotatable bonds is 32. The zero-order valence-corrected chi connectivity index (χ0v) is 48.3. The number of benzene rings is 6.